The molecular weight excluding hydrogens is 382 g/mol. The Morgan fingerprint density at radius 2 is 2.19 bits per heavy atom. The van der Waals surface area contributed by atoms with E-state index in [1.165, 1.54) is 16.7 Å². The van der Waals surface area contributed by atoms with Crippen molar-refractivity contribution in [2.45, 2.75) is 6.54 Å². The van der Waals surface area contributed by atoms with Crippen LogP contribution >= 0.6 is 38.9 Å². The first-order valence-corrected chi connectivity index (χ1v) is 7.68. The van der Waals surface area contributed by atoms with E-state index in [2.05, 4.69) is 31.5 Å². The van der Waals surface area contributed by atoms with Gasteiger partial charge in [0, 0.05) is 14.9 Å². The number of carbonyl (C=O) groups is 2. The summed E-state index contributed by atoms with van der Waals surface area (Å²) in [6.07, 6.45) is 0. The predicted molar refractivity (Wildman–Crippen MR) is 84.1 cm³/mol. The number of anilines is 1. The van der Waals surface area contributed by atoms with E-state index in [1.54, 1.807) is 18.2 Å². The number of carboxylic acids is 1. The quantitative estimate of drug-likeness (QED) is 0.744. The van der Waals surface area contributed by atoms with Crippen LogP contribution in [0.4, 0.5) is 10.5 Å². The van der Waals surface area contributed by atoms with E-state index >= 15 is 0 Å². The molecule has 0 saturated heterocycles. The molecule has 3 N–H and O–H groups in total. The zero-order valence-corrected chi connectivity index (χ0v) is 13.6. The van der Waals surface area contributed by atoms with Gasteiger partial charge in [0.15, 0.2) is 5.69 Å². The van der Waals surface area contributed by atoms with Crippen LogP contribution in [0.25, 0.3) is 0 Å². The van der Waals surface area contributed by atoms with Gasteiger partial charge >= 0.3 is 12.0 Å². The Morgan fingerprint density at radius 1 is 1.43 bits per heavy atom. The minimum atomic E-state index is -1.09. The van der Waals surface area contributed by atoms with Crippen molar-refractivity contribution in [3.63, 3.8) is 0 Å². The Morgan fingerprint density at radius 3 is 2.81 bits per heavy atom. The Labute approximate surface area is 137 Å². The first-order valence-electron chi connectivity index (χ1n) is 5.63. The van der Waals surface area contributed by atoms with Crippen molar-refractivity contribution in [1.82, 2.24) is 10.3 Å². The zero-order chi connectivity index (χ0) is 15.4. The van der Waals surface area contributed by atoms with E-state index in [9.17, 15) is 9.59 Å². The minimum Gasteiger partial charge on any atom is -0.476 e. The number of nitrogens with one attached hydrogen (secondary N) is 2. The van der Waals surface area contributed by atoms with Crippen LogP contribution in [-0.4, -0.2) is 22.1 Å². The highest BCUT2D eigenvalue weighted by Gasteiger charge is 2.10. The van der Waals surface area contributed by atoms with Crippen molar-refractivity contribution in [2.24, 2.45) is 0 Å². The molecule has 0 aliphatic rings. The second-order valence-electron chi connectivity index (χ2n) is 3.86. The molecule has 21 heavy (non-hydrogen) atoms. The van der Waals surface area contributed by atoms with E-state index in [0.717, 1.165) is 0 Å². The van der Waals surface area contributed by atoms with Crippen LogP contribution < -0.4 is 10.6 Å². The molecule has 0 fully saturated rings. The van der Waals surface area contributed by atoms with Gasteiger partial charge in [-0.15, -0.1) is 11.3 Å². The fraction of sp³-hybridized carbons (Fsp3) is 0.0833. The normalized spacial score (nSPS) is 10.2. The number of aromatic nitrogens is 1. The van der Waals surface area contributed by atoms with Crippen LogP contribution in [0.1, 0.15) is 15.5 Å². The Balaban J connectivity index is 1.91. The average Bonchev–Trinajstić information content (AvgIpc) is 2.89. The number of nitrogens with zero attached hydrogens (tertiary/aromatic N) is 1. The molecule has 0 aliphatic heterocycles. The number of urea groups is 1. The van der Waals surface area contributed by atoms with E-state index in [4.69, 9.17) is 16.7 Å². The number of hydrogen-bond donors (Lipinski definition) is 3. The van der Waals surface area contributed by atoms with E-state index in [0.29, 0.717) is 20.2 Å². The van der Waals surface area contributed by atoms with Gasteiger partial charge in [-0.2, -0.15) is 0 Å². The van der Waals surface area contributed by atoms with Crippen molar-refractivity contribution < 1.29 is 14.7 Å². The summed E-state index contributed by atoms with van der Waals surface area (Å²) in [6, 6.07) is 4.56. The topological polar surface area (TPSA) is 91.3 Å². The third-order valence-electron chi connectivity index (χ3n) is 2.35. The molecule has 0 atom stereocenters. The first-order chi connectivity index (χ1) is 9.95. The van der Waals surface area contributed by atoms with Gasteiger partial charge in [0.2, 0.25) is 0 Å². The van der Waals surface area contributed by atoms with E-state index < -0.39 is 12.0 Å². The maximum absolute atomic E-state index is 11.7. The summed E-state index contributed by atoms with van der Waals surface area (Å²) < 4.78 is 0.660. The lowest BCUT2D eigenvalue weighted by Crippen LogP contribution is -2.28. The zero-order valence-electron chi connectivity index (χ0n) is 10.4. The summed E-state index contributed by atoms with van der Waals surface area (Å²) in [5.41, 5.74) is 0.542. The summed E-state index contributed by atoms with van der Waals surface area (Å²) in [5.74, 6) is -1.09. The molecule has 6 nitrogen and oxygen atoms in total. The third kappa shape index (κ3) is 4.42. The van der Waals surface area contributed by atoms with Crippen molar-refractivity contribution in [3.8, 4) is 0 Å². The van der Waals surface area contributed by atoms with Gasteiger partial charge < -0.3 is 15.7 Å². The Kier molecular flexibility index (Phi) is 5.16. The summed E-state index contributed by atoms with van der Waals surface area (Å²) in [5, 5.41) is 16.5. The van der Waals surface area contributed by atoms with Gasteiger partial charge in [0.05, 0.1) is 12.2 Å². The molecule has 2 amide bonds. The molecule has 110 valence electrons. The van der Waals surface area contributed by atoms with Crippen LogP contribution in [0.3, 0.4) is 0 Å². The van der Waals surface area contributed by atoms with E-state index in [-0.39, 0.29) is 12.2 Å². The number of hydrogen-bond acceptors (Lipinski definition) is 4. The maximum Gasteiger partial charge on any atom is 0.355 e. The van der Waals surface area contributed by atoms with Crippen molar-refractivity contribution in [1.29, 1.82) is 0 Å². The lowest BCUT2D eigenvalue weighted by atomic mass is 10.3. The molecule has 9 heteroatoms. The molecule has 1 aromatic heterocycles. The molecule has 0 saturated carbocycles. The number of carbonyl (C=O) groups excluding carboxylic acids is 1. The van der Waals surface area contributed by atoms with Crippen LogP contribution in [0.2, 0.25) is 5.02 Å². The second kappa shape index (κ2) is 6.88. The lowest BCUT2D eigenvalue weighted by molar-refractivity contribution is 0.0691. The van der Waals surface area contributed by atoms with Crippen LogP contribution in [0.15, 0.2) is 28.1 Å². The number of rotatable bonds is 4. The first kappa shape index (κ1) is 15.7. The lowest BCUT2D eigenvalue weighted by Gasteiger charge is -2.08. The van der Waals surface area contributed by atoms with Gasteiger partial charge in [-0.05, 0) is 34.1 Å². The molecule has 0 unspecified atom stereocenters. The van der Waals surface area contributed by atoms with Crippen LogP contribution in [-0.2, 0) is 6.54 Å². The molecule has 0 spiro atoms. The minimum absolute atomic E-state index is 0.0300. The largest absolute Gasteiger partial charge is 0.476 e. The molecule has 2 aromatic rings. The van der Waals surface area contributed by atoms with Gasteiger partial charge in [0.1, 0.15) is 5.01 Å². The predicted octanol–water partition coefficient (Wildman–Crippen LogP) is 3.58. The van der Waals surface area contributed by atoms with Gasteiger partial charge in [-0.25, -0.2) is 14.6 Å². The number of carboxylic acid groups (broad SMARTS) is 1. The summed E-state index contributed by atoms with van der Waals surface area (Å²) >= 11 is 10.3. The molecule has 2 rings (SSSR count). The molecule has 0 aliphatic carbocycles. The number of aromatic carboxylic acids is 1. The molecule has 1 heterocycles. The summed E-state index contributed by atoms with van der Waals surface area (Å²) in [4.78, 5) is 26.3. The standard InChI is InChI=1S/C12H9BrClN3O3S/c13-7-3-6(14)1-2-8(7)17-12(20)15-4-10-16-9(5-21-10)11(18)19/h1-3,5H,4H2,(H,18,19)(H2,15,17,20). The van der Waals surface area contributed by atoms with Gasteiger partial charge in [-0.3, -0.25) is 0 Å². The maximum atomic E-state index is 11.7. The molecule has 0 bridgehead atoms. The van der Waals surface area contributed by atoms with Crippen molar-refractivity contribution in [2.75, 3.05) is 5.32 Å². The van der Waals surface area contributed by atoms with Gasteiger partial charge in [0.25, 0.3) is 0 Å². The number of halogens is 2. The Hall–Kier alpha value is -1.64. The third-order valence-corrected chi connectivity index (χ3v) is 4.09. The summed E-state index contributed by atoms with van der Waals surface area (Å²) in [7, 11) is 0. The molecule has 1 aromatic carbocycles. The number of thiazole rings is 1. The number of amides is 2. The highest BCUT2D eigenvalue weighted by Crippen LogP contribution is 2.25. The average molecular weight is 391 g/mol. The second-order valence-corrected chi connectivity index (χ2v) is 6.10. The van der Waals surface area contributed by atoms with Gasteiger partial charge in [-0.1, -0.05) is 11.6 Å². The monoisotopic (exact) mass is 389 g/mol. The fourth-order valence-electron chi connectivity index (χ4n) is 1.40. The SMILES string of the molecule is O=C(NCc1nc(C(=O)O)cs1)Nc1ccc(Cl)cc1Br. The molecular formula is C12H9BrClN3O3S. The Bertz CT molecular complexity index is 692. The highest BCUT2D eigenvalue weighted by molar-refractivity contribution is 9.10. The van der Waals surface area contributed by atoms with Crippen molar-refractivity contribution in [3.05, 3.63) is 43.8 Å². The summed E-state index contributed by atoms with van der Waals surface area (Å²) in [6.45, 7) is 0.148. The van der Waals surface area contributed by atoms with Crippen LogP contribution in [0.5, 0.6) is 0 Å². The van der Waals surface area contributed by atoms with E-state index in [1.807, 2.05) is 0 Å². The highest BCUT2D eigenvalue weighted by atomic mass is 79.9. The van der Waals surface area contributed by atoms with Crippen LogP contribution in [0, 0.1) is 0 Å². The number of benzene rings is 1. The van der Waals surface area contributed by atoms with Crippen molar-refractivity contribution >= 4 is 56.6 Å². The molecule has 0 radical (unpaired) electrons. The fourth-order valence-corrected chi connectivity index (χ4v) is 2.89. The smallest absolute Gasteiger partial charge is 0.355 e.